The zero-order valence-corrected chi connectivity index (χ0v) is 13.7. The number of oxazole rings is 1. The summed E-state index contributed by atoms with van der Waals surface area (Å²) in [7, 11) is 0. The number of aromatic nitrogens is 4. The van der Waals surface area contributed by atoms with Crippen molar-refractivity contribution in [2.24, 2.45) is 0 Å². The smallest absolute Gasteiger partial charge is 0.344 e. The summed E-state index contributed by atoms with van der Waals surface area (Å²) in [6.45, 7) is 1.65. The number of hydrogen-bond donors (Lipinski definition) is 0. The zero-order chi connectivity index (χ0) is 18.1. The lowest BCUT2D eigenvalue weighted by Crippen LogP contribution is -2.07. The van der Waals surface area contributed by atoms with E-state index in [9.17, 15) is 9.18 Å². The molecule has 4 rings (SSSR count). The molecular weight excluding hydrogens is 339 g/mol. The fourth-order valence-corrected chi connectivity index (χ4v) is 2.55. The van der Waals surface area contributed by atoms with Crippen LogP contribution in [0.2, 0.25) is 0 Å². The lowest BCUT2D eigenvalue weighted by molar-refractivity contribution is 0.0469. The third-order valence-electron chi connectivity index (χ3n) is 3.77. The maximum absolute atomic E-state index is 13.0. The first-order chi connectivity index (χ1) is 12.6. The highest BCUT2D eigenvalue weighted by molar-refractivity contribution is 5.97. The van der Waals surface area contributed by atoms with Gasteiger partial charge < -0.3 is 9.15 Å². The minimum absolute atomic E-state index is 0.0624. The molecule has 1 aromatic carbocycles. The van der Waals surface area contributed by atoms with Crippen LogP contribution >= 0.6 is 0 Å². The van der Waals surface area contributed by atoms with Crippen molar-refractivity contribution < 1.29 is 18.3 Å². The molecule has 0 amide bonds. The van der Waals surface area contributed by atoms with E-state index in [0.29, 0.717) is 34.1 Å². The first-order valence-corrected chi connectivity index (χ1v) is 7.79. The molecule has 0 bridgehead atoms. The third-order valence-corrected chi connectivity index (χ3v) is 3.77. The standard InChI is InChI=1S/C18H13FN4O3/c1-11-15(16-20-7-2-8-23(16)22-11)18(24)26-10-14-9-25-17(21-14)12-3-5-13(19)6-4-12/h2-9H,10H2,1H3. The Bertz CT molecular complexity index is 1090. The van der Waals surface area contributed by atoms with Gasteiger partial charge in [-0.3, -0.25) is 0 Å². The van der Waals surface area contributed by atoms with Crippen LogP contribution < -0.4 is 0 Å². The first-order valence-electron chi connectivity index (χ1n) is 7.79. The van der Waals surface area contributed by atoms with Crippen molar-refractivity contribution in [2.45, 2.75) is 13.5 Å². The average molecular weight is 352 g/mol. The van der Waals surface area contributed by atoms with E-state index in [1.54, 1.807) is 37.5 Å². The van der Waals surface area contributed by atoms with Gasteiger partial charge in [-0.2, -0.15) is 5.10 Å². The summed E-state index contributed by atoms with van der Waals surface area (Å²) in [5.74, 6) is -0.556. The molecule has 8 heteroatoms. The highest BCUT2D eigenvalue weighted by Crippen LogP contribution is 2.20. The molecule has 0 saturated carbocycles. The summed E-state index contributed by atoms with van der Waals surface area (Å²) in [6.07, 6.45) is 4.69. The van der Waals surface area contributed by atoms with Crippen LogP contribution in [0.3, 0.4) is 0 Å². The van der Waals surface area contributed by atoms with E-state index in [2.05, 4.69) is 15.1 Å². The molecule has 0 atom stereocenters. The minimum Gasteiger partial charge on any atom is -0.455 e. The van der Waals surface area contributed by atoms with Crippen molar-refractivity contribution in [2.75, 3.05) is 0 Å². The van der Waals surface area contributed by atoms with Crippen molar-refractivity contribution in [3.05, 3.63) is 71.8 Å². The quantitative estimate of drug-likeness (QED) is 0.525. The van der Waals surface area contributed by atoms with E-state index in [1.165, 1.54) is 22.9 Å². The van der Waals surface area contributed by atoms with Gasteiger partial charge in [0, 0.05) is 18.0 Å². The Hall–Kier alpha value is -3.55. The molecule has 3 aromatic heterocycles. The number of rotatable bonds is 4. The molecule has 0 radical (unpaired) electrons. The van der Waals surface area contributed by atoms with Crippen LogP contribution in [-0.2, 0) is 11.3 Å². The number of carbonyl (C=O) groups is 1. The van der Waals surface area contributed by atoms with Gasteiger partial charge >= 0.3 is 5.97 Å². The topological polar surface area (TPSA) is 82.5 Å². The lowest BCUT2D eigenvalue weighted by atomic mass is 10.2. The highest BCUT2D eigenvalue weighted by Gasteiger charge is 2.20. The molecule has 0 aliphatic rings. The van der Waals surface area contributed by atoms with Gasteiger partial charge in [0.1, 0.15) is 29.9 Å². The summed E-state index contributed by atoms with van der Waals surface area (Å²) in [5, 5.41) is 4.23. The number of hydrogen-bond acceptors (Lipinski definition) is 6. The largest absolute Gasteiger partial charge is 0.455 e. The highest BCUT2D eigenvalue weighted by atomic mass is 19.1. The SMILES string of the molecule is Cc1nn2cccnc2c1C(=O)OCc1coc(-c2ccc(F)cc2)n1. The number of benzene rings is 1. The van der Waals surface area contributed by atoms with Crippen LogP contribution in [0, 0.1) is 12.7 Å². The summed E-state index contributed by atoms with van der Waals surface area (Å²) in [4.78, 5) is 20.8. The van der Waals surface area contributed by atoms with Gasteiger partial charge in [0.15, 0.2) is 5.65 Å². The van der Waals surface area contributed by atoms with Gasteiger partial charge in [-0.1, -0.05) is 0 Å². The third kappa shape index (κ3) is 2.92. The van der Waals surface area contributed by atoms with Crippen molar-refractivity contribution in [1.29, 1.82) is 0 Å². The maximum atomic E-state index is 13.0. The molecule has 7 nitrogen and oxygen atoms in total. The minimum atomic E-state index is -0.539. The molecular formula is C18H13FN4O3. The van der Waals surface area contributed by atoms with Crippen LogP contribution in [0.15, 0.2) is 53.4 Å². The predicted octanol–water partition coefficient (Wildman–Crippen LogP) is 3.19. The molecule has 4 aromatic rings. The normalized spacial score (nSPS) is 11.0. The number of fused-ring (bicyclic) bond motifs is 1. The van der Waals surface area contributed by atoms with Gasteiger partial charge in [-0.05, 0) is 37.3 Å². The Labute approximate surface area is 147 Å². The molecule has 0 spiro atoms. The van der Waals surface area contributed by atoms with Crippen molar-refractivity contribution >= 4 is 11.6 Å². The van der Waals surface area contributed by atoms with Gasteiger partial charge in [0.2, 0.25) is 5.89 Å². The second kappa shape index (κ2) is 6.40. The number of halogens is 1. The summed E-state index contributed by atoms with van der Waals surface area (Å²) >= 11 is 0. The zero-order valence-electron chi connectivity index (χ0n) is 13.7. The fourth-order valence-electron chi connectivity index (χ4n) is 2.55. The van der Waals surface area contributed by atoms with Crippen LogP contribution in [0.4, 0.5) is 4.39 Å². The van der Waals surface area contributed by atoms with Crippen LogP contribution in [-0.4, -0.2) is 25.6 Å². The van der Waals surface area contributed by atoms with Gasteiger partial charge in [0.05, 0.1) is 5.69 Å². The molecule has 0 unspecified atom stereocenters. The second-order valence-electron chi connectivity index (χ2n) is 5.58. The predicted molar refractivity (Wildman–Crippen MR) is 88.7 cm³/mol. The molecule has 0 fully saturated rings. The van der Waals surface area contributed by atoms with Gasteiger partial charge in [0.25, 0.3) is 0 Å². The van der Waals surface area contributed by atoms with Gasteiger partial charge in [-0.25, -0.2) is 23.7 Å². The lowest BCUT2D eigenvalue weighted by Gasteiger charge is -2.01. The maximum Gasteiger partial charge on any atom is 0.344 e. The number of esters is 1. The van der Waals surface area contributed by atoms with Crippen LogP contribution in [0.1, 0.15) is 21.7 Å². The van der Waals surface area contributed by atoms with E-state index in [0.717, 1.165) is 0 Å². The Morgan fingerprint density at radius 3 is 2.92 bits per heavy atom. The van der Waals surface area contributed by atoms with Crippen LogP contribution in [0.5, 0.6) is 0 Å². The monoisotopic (exact) mass is 352 g/mol. The Balaban J connectivity index is 1.50. The molecule has 0 saturated heterocycles. The van der Waals surface area contributed by atoms with Crippen molar-refractivity contribution in [3.8, 4) is 11.5 Å². The molecule has 0 aliphatic heterocycles. The van der Waals surface area contributed by atoms with Crippen molar-refractivity contribution in [1.82, 2.24) is 19.6 Å². The summed E-state index contributed by atoms with van der Waals surface area (Å²) in [6, 6.07) is 7.48. The fraction of sp³-hybridized carbons (Fsp3) is 0.111. The average Bonchev–Trinajstić information content (AvgIpc) is 3.24. The summed E-state index contributed by atoms with van der Waals surface area (Å²) < 4.78 is 25.2. The molecule has 26 heavy (non-hydrogen) atoms. The van der Waals surface area contributed by atoms with E-state index >= 15 is 0 Å². The van der Waals surface area contributed by atoms with Crippen molar-refractivity contribution in [3.63, 3.8) is 0 Å². The van der Waals surface area contributed by atoms with E-state index in [1.807, 2.05) is 0 Å². The number of aryl methyl sites for hydroxylation is 1. The second-order valence-corrected chi connectivity index (χ2v) is 5.58. The van der Waals surface area contributed by atoms with E-state index < -0.39 is 5.97 Å². The number of nitrogens with zero attached hydrogens (tertiary/aromatic N) is 4. The Morgan fingerprint density at radius 2 is 2.12 bits per heavy atom. The van der Waals surface area contributed by atoms with E-state index in [4.69, 9.17) is 9.15 Å². The number of ether oxygens (including phenoxy) is 1. The summed E-state index contributed by atoms with van der Waals surface area (Å²) in [5.41, 5.74) is 2.35. The molecule has 130 valence electrons. The first kappa shape index (κ1) is 15.9. The number of carbonyl (C=O) groups excluding carboxylic acids is 1. The molecule has 3 heterocycles. The molecule has 0 N–H and O–H groups in total. The molecule has 0 aliphatic carbocycles. The van der Waals surface area contributed by atoms with Gasteiger partial charge in [-0.15, -0.1) is 0 Å². The Morgan fingerprint density at radius 1 is 1.31 bits per heavy atom. The Kier molecular flexibility index (Phi) is 3.92. The van der Waals surface area contributed by atoms with Crippen LogP contribution in [0.25, 0.3) is 17.1 Å². The van der Waals surface area contributed by atoms with E-state index in [-0.39, 0.29) is 12.4 Å².